The molecule has 118 valence electrons. The Bertz CT molecular complexity index is 1010. The van der Waals surface area contributed by atoms with Crippen LogP contribution in [0.25, 0.3) is 22.2 Å². The van der Waals surface area contributed by atoms with Crippen LogP contribution in [0.2, 0.25) is 0 Å². The molecule has 3 nitrogen and oxygen atoms in total. The lowest BCUT2D eigenvalue weighted by Crippen LogP contribution is -2.28. The normalized spacial score (nSPS) is 11.0. The number of hydrogen-bond donors (Lipinski definition) is 0. The number of benzene rings is 2. The Hall–Kier alpha value is -2.59. The van der Waals surface area contributed by atoms with E-state index in [0.29, 0.717) is 5.69 Å². The summed E-state index contributed by atoms with van der Waals surface area (Å²) in [5.74, 6) is 0. The Balaban J connectivity index is 1.88. The Morgan fingerprint density at radius 2 is 1.67 bits per heavy atom. The third kappa shape index (κ3) is 2.69. The number of para-hydroxylation sites is 1. The number of fused-ring (bicyclic) bond motifs is 1. The van der Waals surface area contributed by atoms with E-state index >= 15 is 0 Å². The molecule has 2 aromatic carbocycles. The van der Waals surface area contributed by atoms with Crippen molar-refractivity contribution >= 4 is 26.8 Å². The van der Waals surface area contributed by atoms with Crippen LogP contribution < -0.4 is 4.73 Å². The maximum Gasteiger partial charge on any atom is 0.225 e. The van der Waals surface area contributed by atoms with Gasteiger partial charge < -0.3 is 9.77 Å². The highest BCUT2D eigenvalue weighted by molar-refractivity contribution is 9.10. The Kier molecular flexibility index (Phi) is 3.82. The predicted molar refractivity (Wildman–Crippen MR) is 99.6 cm³/mol. The topological polar surface area (TPSA) is 31.9 Å². The van der Waals surface area contributed by atoms with Gasteiger partial charge in [-0.25, -0.2) is 0 Å². The van der Waals surface area contributed by atoms with Crippen molar-refractivity contribution in [2.45, 2.75) is 6.54 Å². The largest absolute Gasteiger partial charge is 0.618 e. The molecule has 0 radical (unpaired) electrons. The van der Waals surface area contributed by atoms with E-state index in [0.717, 1.165) is 32.2 Å². The lowest BCUT2D eigenvalue weighted by atomic mass is 10.1. The van der Waals surface area contributed by atoms with Crippen molar-refractivity contribution in [1.29, 1.82) is 0 Å². The SMILES string of the molecule is [O-][n+]1cc(Br)ccc1-c1cn(Cc2ccccc2)c2ccccc12. The van der Waals surface area contributed by atoms with Gasteiger partial charge in [-0.05, 0) is 33.6 Å². The van der Waals surface area contributed by atoms with Gasteiger partial charge in [0.25, 0.3) is 0 Å². The van der Waals surface area contributed by atoms with Gasteiger partial charge in [-0.2, -0.15) is 4.73 Å². The number of hydrogen-bond acceptors (Lipinski definition) is 1. The number of aromatic nitrogens is 2. The molecule has 0 bridgehead atoms. The zero-order valence-corrected chi connectivity index (χ0v) is 14.5. The van der Waals surface area contributed by atoms with E-state index in [9.17, 15) is 5.21 Å². The maximum atomic E-state index is 12.3. The van der Waals surface area contributed by atoms with Crippen molar-refractivity contribution in [1.82, 2.24) is 4.57 Å². The average Bonchev–Trinajstić information content (AvgIpc) is 2.95. The van der Waals surface area contributed by atoms with Crippen LogP contribution in [0.1, 0.15) is 5.56 Å². The first-order chi connectivity index (χ1) is 11.7. The second kappa shape index (κ2) is 6.13. The summed E-state index contributed by atoms with van der Waals surface area (Å²) in [5.41, 5.74) is 3.96. The zero-order valence-electron chi connectivity index (χ0n) is 12.9. The molecule has 0 aliphatic heterocycles. The van der Waals surface area contributed by atoms with Gasteiger partial charge in [0.2, 0.25) is 5.69 Å². The highest BCUT2D eigenvalue weighted by Crippen LogP contribution is 2.29. The van der Waals surface area contributed by atoms with E-state index < -0.39 is 0 Å². The molecule has 4 rings (SSSR count). The minimum atomic E-state index is 0.654. The molecule has 0 N–H and O–H groups in total. The summed E-state index contributed by atoms with van der Waals surface area (Å²) in [5, 5.41) is 13.4. The molecule has 0 atom stereocenters. The highest BCUT2D eigenvalue weighted by Gasteiger charge is 2.16. The third-order valence-corrected chi connectivity index (χ3v) is 4.61. The lowest BCUT2D eigenvalue weighted by molar-refractivity contribution is -0.594. The quantitative estimate of drug-likeness (QED) is 0.373. The van der Waals surface area contributed by atoms with Crippen LogP contribution in [0.3, 0.4) is 0 Å². The van der Waals surface area contributed by atoms with Crippen molar-refractivity contribution in [3.63, 3.8) is 0 Å². The molecule has 0 unspecified atom stereocenters. The van der Waals surface area contributed by atoms with Crippen molar-refractivity contribution < 1.29 is 4.73 Å². The lowest BCUT2D eigenvalue weighted by Gasteiger charge is -2.05. The first-order valence-electron chi connectivity index (χ1n) is 7.73. The van der Waals surface area contributed by atoms with Gasteiger partial charge in [-0.15, -0.1) is 0 Å². The van der Waals surface area contributed by atoms with E-state index in [1.165, 1.54) is 5.56 Å². The van der Waals surface area contributed by atoms with Gasteiger partial charge in [0, 0.05) is 29.7 Å². The summed E-state index contributed by atoms with van der Waals surface area (Å²) in [6, 6.07) is 22.3. The Morgan fingerprint density at radius 3 is 2.46 bits per heavy atom. The average molecular weight is 379 g/mol. The van der Waals surface area contributed by atoms with Gasteiger partial charge in [0.15, 0.2) is 6.20 Å². The van der Waals surface area contributed by atoms with Gasteiger partial charge in [-0.3, -0.25) is 0 Å². The van der Waals surface area contributed by atoms with E-state index in [1.807, 2.05) is 42.5 Å². The summed E-state index contributed by atoms with van der Waals surface area (Å²) in [7, 11) is 0. The molecular formula is C20H15BrN2O. The molecule has 0 fully saturated rings. The molecule has 2 heterocycles. The maximum absolute atomic E-state index is 12.3. The number of rotatable bonds is 3. The molecule has 4 heteroatoms. The summed E-state index contributed by atoms with van der Waals surface area (Å²) in [6.45, 7) is 0.775. The fourth-order valence-electron chi connectivity index (χ4n) is 3.03. The molecule has 0 aliphatic carbocycles. The van der Waals surface area contributed by atoms with Crippen LogP contribution in [0, 0.1) is 5.21 Å². The summed E-state index contributed by atoms with van der Waals surface area (Å²) in [6.07, 6.45) is 3.61. The summed E-state index contributed by atoms with van der Waals surface area (Å²) >= 11 is 3.34. The predicted octanol–water partition coefficient (Wildman–Crippen LogP) is 4.75. The molecule has 0 spiro atoms. The molecule has 0 aliphatic rings. The van der Waals surface area contributed by atoms with E-state index in [2.05, 4.69) is 51.0 Å². The van der Waals surface area contributed by atoms with Gasteiger partial charge in [0.1, 0.15) is 0 Å². The van der Waals surface area contributed by atoms with Crippen molar-refractivity contribution in [3.05, 3.63) is 94.4 Å². The molecule has 4 aromatic rings. The molecular weight excluding hydrogens is 364 g/mol. The fraction of sp³-hybridized carbons (Fsp3) is 0.0500. The minimum absolute atomic E-state index is 0.654. The monoisotopic (exact) mass is 378 g/mol. The van der Waals surface area contributed by atoms with Crippen molar-refractivity contribution in [3.8, 4) is 11.3 Å². The van der Waals surface area contributed by atoms with E-state index in [1.54, 1.807) is 6.20 Å². The standard InChI is InChI=1S/C20H15BrN2O/c21-16-10-11-20(23(24)13-16)18-14-22(12-15-6-2-1-3-7-15)19-9-5-4-8-17(18)19/h1-11,13-14H,12H2. The Morgan fingerprint density at radius 1 is 0.917 bits per heavy atom. The second-order valence-electron chi connectivity index (χ2n) is 5.73. The fourth-order valence-corrected chi connectivity index (χ4v) is 3.35. The number of pyridine rings is 1. The van der Waals surface area contributed by atoms with Gasteiger partial charge in [0.05, 0.1) is 10.0 Å². The van der Waals surface area contributed by atoms with E-state index in [4.69, 9.17) is 0 Å². The van der Waals surface area contributed by atoms with Crippen LogP contribution >= 0.6 is 15.9 Å². The highest BCUT2D eigenvalue weighted by atomic mass is 79.9. The van der Waals surface area contributed by atoms with Crippen LogP contribution in [0.5, 0.6) is 0 Å². The van der Waals surface area contributed by atoms with E-state index in [-0.39, 0.29) is 0 Å². The van der Waals surface area contributed by atoms with Crippen molar-refractivity contribution in [2.75, 3.05) is 0 Å². The number of nitrogens with zero attached hydrogens (tertiary/aromatic N) is 2. The third-order valence-electron chi connectivity index (χ3n) is 4.14. The van der Waals surface area contributed by atoms with Crippen LogP contribution in [-0.2, 0) is 6.54 Å². The molecule has 0 saturated heterocycles. The Labute approximate surface area is 148 Å². The first kappa shape index (κ1) is 15.0. The smallest absolute Gasteiger partial charge is 0.225 e. The molecule has 0 saturated carbocycles. The second-order valence-corrected chi connectivity index (χ2v) is 6.65. The zero-order chi connectivity index (χ0) is 16.5. The van der Waals surface area contributed by atoms with Gasteiger partial charge in [-0.1, -0.05) is 48.5 Å². The van der Waals surface area contributed by atoms with Crippen LogP contribution in [0.15, 0.2) is 83.6 Å². The first-order valence-corrected chi connectivity index (χ1v) is 8.52. The molecule has 2 aromatic heterocycles. The minimum Gasteiger partial charge on any atom is -0.618 e. The molecule has 0 amide bonds. The van der Waals surface area contributed by atoms with Crippen molar-refractivity contribution in [2.24, 2.45) is 0 Å². The number of halogens is 1. The van der Waals surface area contributed by atoms with Gasteiger partial charge >= 0.3 is 0 Å². The van der Waals surface area contributed by atoms with Crippen LogP contribution in [-0.4, -0.2) is 4.57 Å². The summed E-state index contributed by atoms with van der Waals surface area (Å²) in [4.78, 5) is 0. The van der Waals surface area contributed by atoms with Crippen LogP contribution in [0.4, 0.5) is 0 Å². The summed E-state index contributed by atoms with van der Waals surface area (Å²) < 4.78 is 3.88. The molecule has 24 heavy (non-hydrogen) atoms.